The molecule has 0 nitrogen and oxygen atoms in total. The van der Waals surface area contributed by atoms with Gasteiger partial charge >= 0.3 is 0 Å². The van der Waals surface area contributed by atoms with Gasteiger partial charge in [0.15, 0.2) is 0 Å². The van der Waals surface area contributed by atoms with Crippen molar-refractivity contribution < 1.29 is 0 Å². The molecule has 0 unspecified atom stereocenters. The maximum absolute atomic E-state index is 4.04. The van der Waals surface area contributed by atoms with Gasteiger partial charge in [-0.05, 0) is 23.0 Å². The molecule has 0 saturated heterocycles. The Balaban J connectivity index is 4.76. The number of hydrogen-bond donors (Lipinski definition) is 0. The Labute approximate surface area is 148 Å². The first-order valence-electron chi connectivity index (χ1n) is 9.98. The minimum absolute atomic E-state index is 0.393. The standard InChI is InChI=1S/C22H42Si/c1-9-11-12-13-14-15-16-22(10-2)17-18-23(19(3)4,20(5)6)21(7)8/h10,19-22H,2,9,11-16H2,1,3-8H3/t22-/m1/s1. The minimum atomic E-state index is -1.58. The summed E-state index contributed by atoms with van der Waals surface area (Å²) in [5, 5.41) is 0. The summed E-state index contributed by atoms with van der Waals surface area (Å²) in [5.41, 5.74) is 6.01. The van der Waals surface area contributed by atoms with Gasteiger partial charge in [-0.3, -0.25) is 0 Å². The Bertz CT molecular complexity index is 345. The van der Waals surface area contributed by atoms with Crippen molar-refractivity contribution in [2.24, 2.45) is 5.92 Å². The largest absolute Gasteiger partial charge is 0.145 e. The van der Waals surface area contributed by atoms with Gasteiger partial charge in [0.2, 0.25) is 0 Å². The molecule has 1 heteroatoms. The molecule has 0 aliphatic heterocycles. The van der Waals surface area contributed by atoms with E-state index in [2.05, 4.69) is 72.6 Å². The second kappa shape index (κ2) is 12.0. The summed E-state index contributed by atoms with van der Waals surface area (Å²) in [6.07, 6.45) is 11.4. The normalized spacial score (nSPS) is 13.3. The van der Waals surface area contributed by atoms with Gasteiger partial charge in [-0.15, -0.1) is 18.0 Å². The van der Waals surface area contributed by atoms with Crippen LogP contribution in [0.3, 0.4) is 0 Å². The van der Waals surface area contributed by atoms with Crippen LogP contribution in [0.4, 0.5) is 0 Å². The Morgan fingerprint density at radius 2 is 1.30 bits per heavy atom. The lowest BCUT2D eigenvalue weighted by Gasteiger charge is -2.38. The van der Waals surface area contributed by atoms with Crippen LogP contribution in [-0.2, 0) is 0 Å². The molecule has 0 rings (SSSR count). The highest BCUT2D eigenvalue weighted by Crippen LogP contribution is 2.40. The smallest absolute Gasteiger partial charge is 0.130 e. The molecule has 134 valence electrons. The average Bonchev–Trinajstić information content (AvgIpc) is 2.47. The summed E-state index contributed by atoms with van der Waals surface area (Å²) < 4.78 is 0. The quantitative estimate of drug-likeness (QED) is 0.157. The van der Waals surface area contributed by atoms with Gasteiger partial charge in [-0.25, -0.2) is 0 Å². The van der Waals surface area contributed by atoms with Crippen molar-refractivity contribution >= 4 is 8.07 Å². The number of rotatable bonds is 11. The van der Waals surface area contributed by atoms with E-state index in [1.807, 2.05) is 0 Å². The van der Waals surface area contributed by atoms with E-state index in [1.165, 1.54) is 44.9 Å². The van der Waals surface area contributed by atoms with Crippen molar-refractivity contribution in [2.45, 2.75) is 110 Å². The Hall–Kier alpha value is -0.483. The van der Waals surface area contributed by atoms with Crippen molar-refractivity contribution in [1.29, 1.82) is 0 Å². The average molecular weight is 335 g/mol. The third kappa shape index (κ3) is 7.30. The Kier molecular flexibility index (Phi) is 11.7. The lowest BCUT2D eigenvalue weighted by atomic mass is 10.0. The fourth-order valence-electron chi connectivity index (χ4n) is 4.04. The predicted octanol–water partition coefficient (Wildman–Crippen LogP) is 7.76. The summed E-state index contributed by atoms with van der Waals surface area (Å²) in [4.78, 5) is 0. The molecule has 0 aliphatic carbocycles. The number of allylic oxidation sites excluding steroid dienone is 1. The maximum atomic E-state index is 4.04. The van der Waals surface area contributed by atoms with Crippen molar-refractivity contribution in [3.63, 3.8) is 0 Å². The molecule has 0 aromatic carbocycles. The molecule has 23 heavy (non-hydrogen) atoms. The van der Waals surface area contributed by atoms with Crippen LogP contribution in [0.1, 0.15) is 93.4 Å². The fraction of sp³-hybridized carbons (Fsp3) is 0.818. The van der Waals surface area contributed by atoms with Gasteiger partial charge in [0.25, 0.3) is 0 Å². The maximum Gasteiger partial charge on any atom is 0.145 e. The molecule has 0 saturated carbocycles. The van der Waals surface area contributed by atoms with Crippen LogP contribution < -0.4 is 0 Å². The third-order valence-corrected chi connectivity index (χ3v) is 11.8. The van der Waals surface area contributed by atoms with Gasteiger partial charge in [0.1, 0.15) is 8.07 Å². The lowest BCUT2D eigenvalue weighted by Crippen LogP contribution is -2.43. The molecule has 0 fully saturated rings. The number of unbranched alkanes of at least 4 members (excludes halogenated alkanes) is 5. The van der Waals surface area contributed by atoms with Crippen molar-refractivity contribution in [3.8, 4) is 11.5 Å². The minimum Gasteiger partial charge on any atom is -0.130 e. The van der Waals surface area contributed by atoms with Gasteiger partial charge in [0, 0.05) is 5.92 Å². The highest BCUT2D eigenvalue weighted by atomic mass is 28.3. The Morgan fingerprint density at radius 3 is 1.74 bits per heavy atom. The molecule has 0 radical (unpaired) electrons. The lowest BCUT2D eigenvalue weighted by molar-refractivity contribution is 0.569. The molecule has 0 bridgehead atoms. The molecule has 0 aromatic rings. The third-order valence-electron chi connectivity index (χ3n) is 5.49. The van der Waals surface area contributed by atoms with Crippen molar-refractivity contribution in [2.75, 3.05) is 0 Å². The zero-order valence-electron chi connectivity index (χ0n) is 17.0. The van der Waals surface area contributed by atoms with Crippen LogP contribution in [0.25, 0.3) is 0 Å². The molecular weight excluding hydrogens is 292 g/mol. The van der Waals surface area contributed by atoms with E-state index in [4.69, 9.17) is 0 Å². The van der Waals surface area contributed by atoms with Crippen LogP contribution >= 0.6 is 0 Å². The van der Waals surface area contributed by atoms with E-state index in [0.717, 1.165) is 16.6 Å². The number of hydrogen-bond acceptors (Lipinski definition) is 0. The van der Waals surface area contributed by atoms with Gasteiger partial charge in [0.05, 0.1) is 0 Å². The summed E-state index contributed by atoms with van der Waals surface area (Å²) >= 11 is 0. The fourth-order valence-corrected chi connectivity index (χ4v) is 9.35. The summed E-state index contributed by atoms with van der Waals surface area (Å²) in [6.45, 7) is 20.6. The first-order chi connectivity index (χ1) is 10.8. The van der Waals surface area contributed by atoms with E-state index in [0.29, 0.717) is 5.92 Å². The van der Waals surface area contributed by atoms with Crippen LogP contribution in [-0.4, -0.2) is 8.07 Å². The first-order valence-corrected chi connectivity index (χ1v) is 12.2. The van der Waals surface area contributed by atoms with Gasteiger partial charge < -0.3 is 0 Å². The zero-order valence-corrected chi connectivity index (χ0v) is 18.0. The summed E-state index contributed by atoms with van der Waals surface area (Å²) in [7, 11) is -1.58. The van der Waals surface area contributed by atoms with E-state index < -0.39 is 8.07 Å². The van der Waals surface area contributed by atoms with Crippen LogP contribution in [0.15, 0.2) is 12.7 Å². The highest BCUT2D eigenvalue weighted by molar-refractivity contribution is 6.90. The molecular formula is C22H42Si. The molecule has 0 spiro atoms. The van der Waals surface area contributed by atoms with Gasteiger partial charge in [-0.1, -0.05) is 93.1 Å². The molecule has 1 atom stereocenters. The van der Waals surface area contributed by atoms with Crippen LogP contribution in [0, 0.1) is 17.4 Å². The molecule has 0 amide bonds. The SMILES string of the molecule is C=C[C@@H](C#C[Si](C(C)C)(C(C)C)C(C)C)CCCCCCCC. The second-order valence-electron chi connectivity index (χ2n) is 8.07. The summed E-state index contributed by atoms with van der Waals surface area (Å²) in [5.74, 6) is 4.04. The van der Waals surface area contributed by atoms with Crippen molar-refractivity contribution in [1.82, 2.24) is 0 Å². The summed E-state index contributed by atoms with van der Waals surface area (Å²) in [6, 6.07) is 0. The highest BCUT2D eigenvalue weighted by Gasteiger charge is 2.41. The monoisotopic (exact) mass is 334 g/mol. The van der Waals surface area contributed by atoms with E-state index in [-0.39, 0.29) is 0 Å². The Morgan fingerprint density at radius 1 is 0.826 bits per heavy atom. The molecule has 0 aliphatic rings. The van der Waals surface area contributed by atoms with Crippen LogP contribution in [0.5, 0.6) is 0 Å². The van der Waals surface area contributed by atoms with E-state index >= 15 is 0 Å². The van der Waals surface area contributed by atoms with Gasteiger partial charge in [-0.2, -0.15) is 0 Å². The van der Waals surface area contributed by atoms with E-state index in [9.17, 15) is 0 Å². The second-order valence-corrected chi connectivity index (χ2v) is 13.6. The molecule has 0 aromatic heterocycles. The molecule has 0 heterocycles. The van der Waals surface area contributed by atoms with E-state index in [1.54, 1.807) is 0 Å². The van der Waals surface area contributed by atoms with Crippen LogP contribution in [0.2, 0.25) is 16.6 Å². The predicted molar refractivity (Wildman–Crippen MR) is 111 cm³/mol. The molecule has 0 N–H and O–H groups in total. The topological polar surface area (TPSA) is 0 Å². The zero-order chi connectivity index (χ0) is 17.9. The first kappa shape index (κ1) is 22.5. The van der Waals surface area contributed by atoms with Crippen molar-refractivity contribution in [3.05, 3.63) is 12.7 Å².